The van der Waals surface area contributed by atoms with Gasteiger partial charge in [0.2, 0.25) is 0 Å². The Morgan fingerprint density at radius 1 is 1.20 bits per heavy atom. The van der Waals surface area contributed by atoms with Gasteiger partial charge in [0.15, 0.2) is 0 Å². The van der Waals surface area contributed by atoms with E-state index in [0.29, 0.717) is 0 Å². The molecule has 0 atom stereocenters. The van der Waals surface area contributed by atoms with Gasteiger partial charge in [-0.2, -0.15) is 6.08 Å². The minimum Gasteiger partial charge on any atom is -1.00 e. The molecular formula is C7H9Cl2Zr. The maximum Gasteiger partial charge on any atom is 3.00 e. The summed E-state index contributed by atoms with van der Waals surface area (Å²) in [5.41, 5.74) is 0.208. The molecule has 0 aromatic carbocycles. The van der Waals surface area contributed by atoms with E-state index in [4.69, 9.17) is 0 Å². The third-order valence-corrected chi connectivity index (χ3v) is 1.06. The molecule has 0 bridgehead atoms. The van der Waals surface area contributed by atoms with Gasteiger partial charge in [0, 0.05) is 0 Å². The minimum atomic E-state index is 0. The van der Waals surface area contributed by atoms with Crippen molar-refractivity contribution in [3.63, 3.8) is 0 Å². The van der Waals surface area contributed by atoms with Crippen LogP contribution in [-0.2, 0) is 26.2 Å². The number of hydrogen-bond donors (Lipinski definition) is 0. The monoisotopic (exact) mass is 253 g/mol. The molecule has 0 unspecified atom stereocenters. The third-order valence-electron chi connectivity index (χ3n) is 1.06. The number of hydrogen-bond acceptors (Lipinski definition) is 0. The quantitative estimate of drug-likeness (QED) is 0.387. The first kappa shape index (κ1) is 17.1. The van der Waals surface area contributed by atoms with E-state index >= 15 is 0 Å². The normalized spacial score (nSPS) is 16.6. The van der Waals surface area contributed by atoms with Crippen LogP contribution in [0, 0.1) is 11.5 Å². The summed E-state index contributed by atoms with van der Waals surface area (Å²) >= 11 is 0. The van der Waals surface area contributed by atoms with E-state index in [1.54, 1.807) is 0 Å². The summed E-state index contributed by atoms with van der Waals surface area (Å²) < 4.78 is 0. The van der Waals surface area contributed by atoms with E-state index in [1.165, 1.54) is 0 Å². The van der Waals surface area contributed by atoms with Crippen molar-refractivity contribution in [1.82, 2.24) is 0 Å². The van der Waals surface area contributed by atoms with Gasteiger partial charge in [-0.15, -0.1) is 0 Å². The van der Waals surface area contributed by atoms with Crippen LogP contribution in [-0.4, -0.2) is 0 Å². The molecule has 1 aliphatic rings. The van der Waals surface area contributed by atoms with E-state index < -0.39 is 0 Å². The third kappa shape index (κ3) is 5.71. The Kier molecular flexibility index (Phi) is 11.4. The second kappa shape index (κ2) is 6.64. The Morgan fingerprint density at radius 2 is 1.70 bits per heavy atom. The second-order valence-electron chi connectivity index (χ2n) is 2.39. The molecule has 55 valence electrons. The van der Waals surface area contributed by atoms with Crippen LogP contribution >= 0.6 is 0 Å². The molecule has 0 aromatic rings. The largest absolute Gasteiger partial charge is 3.00 e. The van der Waals surface area contributed by atoms with Gasteiger partial charge in [0.05, 0.1) is 0 Å². The Bertz CT molecular complexity index is 114. The van der Waals surface area contributed by atoms with Crippen molar-refractivity contribution >= 4 is 0 Å². The van der Waals surface area contributed by atoms with Gasteiger partial charge < -0.3 is 24.8 Å². The summed E-state index contributed by atoms with van der Waals surface area (Å²) in [6.45, 7) is 4.26. The Hall–Kier alpha value is 0.943. The van der Waals surface area contributed by atoms with Gasteiger partial charge in [-0.3, -0.25) is 6.08 Å². The molecule has 1 radical (unpaired) electrons. The van der Waals surface area contributed by atoms with Crippen LogP contribution < -0.4 is 24.8 Å². The van der Waals surface area contributed by atoms with Crippen LogP contribution in [0.3, 0.4) is 0 Å². The van der Waals surface area contributed by atoms with E-state index in [-0.39, 0.29) is 56.4 Å². The Balaban J connectivity index is -0.000000163. The molecule has 0 saturated heterocycles. The van der Waals surface area contributed by atoms with Gasteiger partial charge in [-0.25, -0.2) is 12.2 Å². The van der Waals surface area contributed by atoms with E-state index in [2.05, 4.69) is 26.0 Å². The van der Waals surface area contributed by atoms with Crippen molar-refractivity contribution in [3.8, 4) is 0 Å². The van der Waals surface area contributed by atoms with Crippen LogP contribution in [0.1, 0.15) is 13.8 Å². The summed E-state index contributed by atoms with van der Waals surface area (Å²) in [7, 11) is 0. The SMILES string of the molecule is CC1(C)[C-]=CC=C1.[Cl-].[Cl-].[Zr+3]. The molecule has 1 rings (SSSR count). The smallest absolute Gasteiger partial charge is 1.00 e. The van der Waals surface area contributed by atoms with Gasteiger partial charge in [-0.05, 0) is 0 Å². The maximum absolute atomic E-state index is 3.16. The predicted molar refractivity (Wildman–Crippen MR) is 30.7 cm³/mol. The van der Waals surface area contributed by atoms with E-state index in [1.807, 2.05) is 12.2 Å². The minimum absolute atomic E-state index is 0. The topological polar surface area (TPSA) is 0 Å². The fraction of sp³-hybridized carbons (Fsp3) is 0.429. The van der Waals surface area contributed by atoms with Gasteiger partial charge >= 0.3 is 26.2 Å². The number of rotatable bonds is 0. The summed E-state index contributed by atoms with van der Waals surface area (Å²) in [5, 5.41) is 0. The molecule has 0 amide bonds. The molecule has 0 saturated carbocycles. The zero-order valence-electron chi connectivity index (χ0n) is 5.99. The molecule has 0 aromatic heterocycles. The summed E-state index contributed by atoms with van der Waals surface area (Å²) in [5.74, 6) is 0. The second-order valence-corrected chi connectivity index (χ2v) is 2.39. The summed E-state index contributed by atoms with van der Waals surface area (Å²) in [4.78, 5) is 0. The van der Waals surface area contributed by atoms with Crippen LogP contribution in [0.5, 0.6) is 0 Å². The molecule has 0 fully saturated rings. The van der Waals surface area contributed by atoms with Crippen LogP contribution in [0.4, 0.5) is 0 Å². The van der Waals surface area contributed by atoms with E-state index in [9.17, 15) is 0 Å². The van der Waals surface area contributed by atoms with Crippen molar-refractivity contribution in [2.24, 2.45) is 5.41 Å². The van der Waals surface area contributed by atoms with Gasteiger partial charge in [0.1, 0.15) is 0 Å². The van der Waals surface area contributed by atoms with Crippen LogP contribution in [0.2, 0.25) is 0 Å². The molecule has 3 heteroatoms. The first-order chi connectivity index (χ1) is 3.21. The molecule has 1 aliphatic carbocycles. The average Bonchev–Trinajstić information content (AvgIpc) is 1.84. The fourth-order valence-electron chi connectivity index (χ4n) is 0.600. The maximum atomic E-state index is 3.16. The Labute approximate surface area is 94.1 Å². The number of halogens is 2. The molecule has 0 aliphatic heterocycles. The summed E-state index contributed by atoms with van der Waals surface area (Å²) in [6.07, 6.45) is 9.28. The summed E-state index contributed by atoms with van der Waals surface area (Å²) in [6, 6.07) is 0. The zero-order valence-corrected chi connectivity index (χ0v) is 9.96. The van der Waals surface area contributed by atoms with Gasteiger partial charge in [-0.1, -0.05) is 19.3 Å². The standard InChI is InChI=1S/C7H9.2ClH.Zr/c1-7(2)5-3-4-6-7;;;/h3-5H,1-2H3;2*1H;/q-1;;;+3/p-2. The molecule has 0 nitrogen and oxygen atoms in total. The Morgan fingerprint density at radius 3 is 1.80 bits per heavy atom. The zero-order chi connectivity index (χ0) is 5.33. The van der Waals surface area contributed by atoms with Gasteiger partial charge in [0.25, 0.3) is 0 Å². The first-order valence-electron chi connectivity index (χ1n) is 2.49. The fourth-order valence-corrected chi connectivity index (χ4v) is 0.600. The first-order valence-corrected chi connectivity index (χ1v) is 2.49. The molecular weight excluding hydrogens is 246 g/mol. The van der Waals surface area contributed by atoms with Crippen molar-refractivity contribution in [3.05, 3.63) is 24.3 Å². The van der Waals surface area contributed by atoms with Crippen molar-refractivity contribution < 1.29 is 51.0 Å². The van der Waals surface area contributed by atoms with Crippen LogP contribution in [0.25, 0.3) is 0 Å². The molecule has 0 N–H and O–H groups in total. The van der Waals surface area contributed by atoms with Crippen molar-refractivity contribution in [2.45, 2.75) is 13.8 Å². The average molecular weight is 255 g/mol. The van der Waals surface area contributed by atoms with Crippen molar-refractivity contribution in [2.75, 3.05) is 0 Å². The van der Waals surface area contributed by atoms with Crippen molar-refractivity contribution in [1.29, 1.82) is 0 Å². The molecule has 10 heavy (non-hydrogen) atoms. The molecule has 0 spiro atoms. The predicted octanol–water partition coefficient (Wildman–Crippen LogP) is -4.05. The number of allylic oxidation sites excluding steroid dienone is 4. The van der Waals surface area contributed by atoms with Crippen LogP contribution in [0.15, 0.2) is 18.2 Å². The van der Waals surface area contributed by atoms with E-state index in [0.717, 1.165) is 0 Å². The molecule has 0 heterocycles.